The number of aliphatic hydroxyl groups excluding tert-OH is 1. The minimum atomic E-state index is -4.51. The molecule has 1 aromatic heterocycles. The Morgan fingerprint density at radius 2 is 1.80 bits per heavy atom. The van der Waals surface area contributed by atoms with Gasteiger partial charge >= 0.3 is 6.18 Å². The molecule has 1 aromatic carbocycles. The number of alkyl halides is 3. The molecule has 1 unspecified atom stereocenters. The first-order valence-corrected chi connectivity index (χ1v) is 6.07. The summed E-state index contributed by atoms with van der Waals surface area (Å²) in [6.45, 7) is 3.75. The van der Waals surface area contributed by atoms with Gasteiger partial charge in [-0.15, -0.1) is 0 Å². The van der Waals surface area contributed by atoms with Crippen LogP contribution < -0.4 is 0 Å². The number of pyridine rings is 1. The monoisotopic (exact) mass is 281 g/mol. The van der Waals surface area contributed by atoms with Crippen LogP contribution in [0, 0.1) is 13.8 Å². The van der Waals surface area contributed by atoms with Gasteiger partial charge in [-0.1, -0.05) is 18.2 Å². The van der Waals surface area contributed by atoms with Crippen molar-refractivity contribution in [3.8, 4) is 0 Å². The van der Waals surface area contributed by atoms with Crippen LogP contribution in [0.3, 0.4) is 0 Å². The van der Waals surface area contributed by atoms with E-state index < -0.39 is 17.8 Å². The topological polar surface area (TPSA) is 33.1 Å². The Morgan fingerprint density at radius 1 is 1.10 bits per heavy atom. The Morgan fingerprint density at radius 3 is 2.40 bits per heavy atom. The van der Waals surface area contributed by atoms with Crippen LogP contribution in [-0.4, -0.2) is 10.1 Å². The quantitative estimate of drug-likeness (QED) is 0.908. The van der Waals surface area contributed by atoms with Crippen molar-refractivity contribution in [1.29, 1.82) is 0 Å². The van der Waals surface area contributed by atoms with Gasteiger partial charge in [0.25, 0.3) is 0 Å². The van der Waals surface area contributed by atoms with E-state index >= 15 is 0 Å². The summed E-state index contributed by atoms with van der Waals surface area (Å²) in [5.41, 5.74) is 1.26. The van der Waals surface area contributed by atoms with Gasteiger partial charge in [0.15, 0.2) is 0 Å². The fourth-order valence-corrected chi connectivity index (χ4v) is 2.00. The zero-order valence-corrected chi connectivity index (χ0v) is 11.1. The van der Waals surface area contributed by atoms with E-state index in [4.69, 9.17) is 0 Å². The van der Waals surface area contributed by atoms with Gasteiger partial charge in [0.05, 0.1) is 5.56 Å². The summed E-state index contributed by atoms with van der Waals surface area (Å²) in [5, 5.41) is 10.2. The van der Waals surface area contributed by atoms with Crippen LogP contribution in [0.1, 0.15) is 33.9 Å². The van der Waals surface area contributed by atoms with Crippen molar-refractivity contribution in [3.05, 3.63) is 64.5 Å². The van der Waals surface area contributed by atoms with Crippen LogP contribution in [-0.2, 0) is 6.18 Å². The average Bonchev–Trinajstić information content (AvgIpc) is 2.40. The molecular formula is C15H14F3NO. The minimum absolute atomic E-state index is 0.233. The molecule has 106 valence electrons. The van der Waals surface area contributed by atoms with E-state index in [-0.39, 0.29) is 5.56 Å². The summed E-state index contributed by atoms with van der Waals surface area (Å²) in [6, 6.07) is 5.96. The fourth-order valence-electron chi connectivity index (χ4n) is 2.00. The molecule has 0 aliphatic rings. The zero-order valence-electron chi connectivity index (χ0n) is 11.1. The standard InChI is InChI=1S/C15H14F3NO/c1-9-3-4-11(7-10(9)2)14(20)12-8-19-6-5-13(12)15(16,17)18/h3-8,14,20H,1-2H3. The molecule has 2 rings (SSSR count). The van der Waals surface area contributed by atoms with E-state index in [9.17, 15) is 18.3 Å². The van der Waals surface area contributed by atoms with E-state index in [1.807, 2.05) is 13.8 Å². The smallest absolute Gasteiger partial charge is 0.384 e. The average molecular weight is 281 g/mol. The first-order chi connectivity index (χ1) is 9.30. The molecule has 20 heavy (non-hydrogen) atoms. The van der Waals surface area contributed by atoms with Crippen LogP contribution in [0.15, 0.2) is 36.7 Å². The molecule has 0 fully saturated rings. The molecule has 2 aromatic rings. The summed E-state index contributed by atoms with van der Waals surface area (Å²) >= 11 is 0. The molecule has 0 saturated carbocycles. The number of aromatic nitrogens is 1. The van der Waals surface area contributed by atoms with Gasteiger partial charge in [0.1, 0.15) is 6.10 Å². The van der Waals surface area contributed by atoms with Crippen LogP contribution in [0.4, 0.5) is 13.2 Å². The first kappa shape index (κ1) is 14.5. The second-order valence-electron chi connectivity index (χ2n) is 4.71. The number of halogens is 3. The molecule has 0 aliphatic carbocycles. The van der Waals surface area contributed by atoms with E-state index in [1.54, 1.807) is 18.2 Å². The molecule has 0 spiro atoms. The molecule has 0 aliphatic heterocycles. The van der Waals surface area contributed by atoms with Gasteiger partial charge in [-0.05, 0) is 36.6 Å². The van der Waals surface area contributed by atoms with Crippen molar-refractivity contribution in [1.82, 2.24) is 4.98 Å². The van der Waals surface area contributed by atoms with Crippen molar-refractivity contribution in [2.75, 3.05) is 0 Å². The van der Waals surface area contributed by atoms with Crippen molar-refractivity contribution in [3.63, 3.8) is 0 Å². The maximum absolute atomic E-state index is 12.9. The lowest BCUT2D eigenvalue weighted by Crippen LogP contribution is -2.13. The number of hydrogen-bond donors (Lipinski definition) is 1. The van der Waals surface area contributed by atoms with Crippen molar-refractivity contribution in [2.45, 2.75) is 26.1 Å². The summed E-state index contributed by atoms with van der Waals surface area (Å²) in [4.78, 5) is 3.69. The SMILES string of the molecule is Cc1ccc(C(O)c2cnccc2C(F)(F)F)cc1C. The molecule has 0 amide bonds. The van der Waals surface area contributed by atoms with E-state index in [0.717, 1.165) is 29.6 Å². The predicted molar refractivity (Wildman–Crippen MR) is 69.2 cm³/mol. The third-order valence-corrected chi connectivity index (χ3v) is 3.30. The van der Waals surface area contributed by atoms with Crippen LogP contribution in [0.5, 0.6) is 0 Å². The second-order valence-corrected chi connectivity index (χ2v) is 4.71. The van der Waals surface area contributed by atoms with Crippen molar-refractivity contribution in [2.24, 2.45) is 0 Å². The normalized spacial score (nSPS) is 13.3. The lowest BCUT2D eigenvalue weighted by atomic mass is 9.96. The molecule has 1 heterocycles. The molecule has 1 atom stereocenters. The zero-order chi connectivity index (χ0) is 14.9. The number of rotatable bonds is 2. The Kier molecular flexibility index (Phi) is 3.81. The van der Waals surface area contributed by atoms with Crippen LogP contribution in [0.2, 0.25) is 0 Å². The Bertz CT molecular complexity index is 623. The highest BCUT2D eigenvalue weighted by Crippen LogP contribution is 2.36. The van der Waals surface area contributed by atoms with E-state index in [1.165, 1.54) is 0 Å². The second kappa shape index (κ2) is 5.25. The summed E-state index contributed by atoms with van der Waals surface area (Å²) in [6.07, 6.45) is -3.74. The van der Waals surface area contributed by atoms with Gasteiger partial charge in [-0.25, -0.2) is 0 Å². The lowest BCUT2D eigenvalue weighted by Gasteiger charge is -2.18. The number of aliphatic hydroxyl groups is 1. The minimum Gasteiger partial charge on any atom is -0.384 e. The first-order valence-electron chi connectivity index (χ1n) is 6.07. The maximum Gasteiger partial charge on any atom is 0.416 e. The maximum atomic E-state index is 12.9. The molecule has 0 radical (unpaired) electrons. The van der Waals surface area contributed by atoms with Gasteiger partial charge in [-0.3, -0.25) is 4.98 Å². The van der Waals surface area contributed by atoms with Crippen molar-refractivity contribution < 1.29 is 18.3 Å². The fraction of sp³-hybridized carbons (Fsp3) is 0.267. The Hall–Kier alpha value is -1.88. The van der Waals surface area contributed by atoms with Gasteiger partial charge in [-0.2, -0.15) is 13.2 Å². The highest BCUT2D eigenvalue weighted by atomic mass is 19.4. The number of hydrogen-bond acceptors (Lipinski definition) is 2. The molecule has 0 saturated heterocycles. The van der Waals surface area contributed by atoms with Gasteiger partial charge in [0.2, 0.25) is 0 Å². The molecule has 1 N–H and O–H groups in total. The third-order valence-electron chi connectivity index (χ3n) is 3.30. The van der Waals surface area contributed by atoms with Gasteiger partial charge < -0.3 is 5.11 Å². The molecular weight excluding hydrogens is 267 g/mol. The Balaban J connectivity index is 2.48. The highest BCUT2D eigenvalue weighted by molar-refractivity contribution is 5.38. The van der Waals surface area contributed by atoms with Crippen molar-refractivity contribution >= 4 is 0 Å². The summed E-state index contributed by atoms with van der Waals surface area (Å²) in [5.74, 6) is 0. The summed E-state index contributed by atoms with van der Waals surface area (Å²) in [7, 11) is 0. The number of benzene rings is 1. The largest absolute Gasteiger partial charge is 0.416 e. The van der Waals surface area contributed by atoms with E-state index in [0.29, 0.717) is 5.56 Å². The predicted octanol–water partition coefficient (Wildman–Crippen LogP) is 3.80. The molecule has 2 nitrogen and oxygen atoms in total. The lowest BCUT2D eigenvalue weighted by molar-refractivity contribution is -0.139. The summed E-state index contributed by atoms with van der Waals surface area (Å²) < 4.78 is 38.8. The number of aryl methyl sites for hydroxylation is 2. The van der Waals surface area contributed by atoms with E-state index in [2.05, 4.69) is 4.98 Å². The highest BCUT2D eigenvalue weighted by Gasteiger charge is 2.35. The van der Waals surface area contributed by atoms with Crippen LogP contribution in [0.25, 0.3) is 0 Å². The third kappa shape index (κ3) is 2.82. The Labute approximate surface area is 114 Å². The molecule has 0 bridgehead atoms. The molecule has 5 heteroatoms. The number of nitrogens with zero attached hydrogens (tertiary/aromatic N) is 1. The van der Waals surface area contributed by atoms with Gasteiger partial charge in [0, 0.05) is 18.0 Å². The van der Waals surface area contributed by atoms with Crippen LogP contribution >= 0.6 is 0 Å².